The second-order valence-electron chi connectivity index (χ2n) is 8.59. The van der Waals surface area contributed by atoms with Crippen LogP contribution < -0.4 is 0 Å². The van der Waals surface area contributed by atoms with Gasteiger partial charge in [0.05, 0.1) is 0 Å². The van der Waals surface area contributed by atoms with E-state index in [4.69, 9.17) is 4.74 Å². The van der Waals surface area contributed by atoms with Crippen molar-refractivity contribution < 1.29 is 13.9 Å². The maximum Gasteiger partial charge on any atom is 0.340 e. The van der Waals surface area contributed by atoms with Crippen LogP contribution in [-0.2, 0) is 16.0 Å². The Labute approximate surface area is 180 Å². The van der Waals surface area contributed by atoms with E-state index in [1.807, 2.05) is 6.92 Å². The number of hydrogen-bond donors (Lipinski definition) is 0. The van der Waals surface area contributed by atoms with Gasteiger partial charge >= 0.3 is 5.97 Å². The third-order valence-corrected chi connectivity index (χ3v) is 6.23. The minimum Gasteiger partial charge on any atom is -0.460 e. The Kier molecular flexibility index (Phi) is 8.48. The summed E-state index contributed by atoms with van der Waals surface area (Å²) in [5.41, 5.74) is 5.23. The lowest BCUT2D eigenvalue weighted by molar-refractivity contribution is -0.157. The van der Waals surface area contributed by atoms with E-state index in [0.717, 1.165) is 44.9 Å². The van der Waals surface area contributed by atoms with Crippen LogP contribution in [0.2, 0.25) is 0 Å². The zero-order valence-electron chi connectivity index (χ0n) is 18.4. The molecule has 30 heavy (non-hydrogen) atoms. The van der Waals surface area contributed by atoms with Gasteiger partial charge in [0.15, 0.2) is 6.17 Å². The number of hydrogen-bond acceptors (Lipinski definition) is 2. The van der Waals surface area contributed by atoms with Crippen molar-refractivity contribution >= 4 is 5.97 Å². The largest absolute Gasteiger partial charge is 0.460 e. The Bertz CT molecular complexity index is 774. The average Bonchev–Trinajstić information content (AvgIpc) is 2.79. The first-order valence-electron chi connectivity index (χ1n) is 11.6. The number of carbonyl (C=O) groups is 1. The number of alkyl halides is 1. The maximum absolute atomic E-state index is 13.8. The van der Waals surface area contributed by atoms with Gasteiger partial charge in [0, 0.05) is 0 Å². The van der Waals surface area contributed by atoms with E-state index in [2.05, 4.69) is 55.5 Å². The lowest BCUT2D eigenvalue weighted by Crippen LogP contribution is -2.28. The van der Waals surface area contributed by atoms with Crippen LogP contribution in [0.3, 0.4) is 0 Å². The van der Waals surface area contributed by atoms with E-state index < -0.39 is 12.1 Å². The highest BCUT2D eigenvalue weighted by atomic mass is 19.1. The van der Waals surface area contributed by atoms with Crippen molar-refractivity contribution in [2.75, 3.05) is 0 Å². The summed E-state index contributed by atoms with van der Waals surface area (Å²) in [6, 6.07) is 17.7. The first kappa shape index (κ1) is 22.5. The molecular formula is C27H35FO2. The molecule has 2 nitrogen and oxygen atoms in total. The van der Waals surface area contributed by atoms with Gasteiger partial charge in [-0.1, -0.05) is 81.6 Å². The molecule has 0 amide bonds. The summed E-state index contributed by atoms with van der Waals surface area (Å²) in [7, 11) is 0. The molecule has 0 spiro atoms. The van der Waals surface area contributed by atoms with E-state index in [-0.39, 0.29) is 12.5 Å². The van der Waals surface area contributed by atoms with E-state index in [9.17, 15) is 9.18 Å². The zero-order chi connectivity index (χ0) is 21.3. The molecule has 1 fully saturated rings. The molecular weight excluding hydrogens is 375 g/mol. The fourth-order valence-corrected chi connectivity index (χ4v) is 4.35. The van der Waals surface area contributed by atoms with Gasteiger partial charge in [-0.3, -0.25) is 0 Å². The second kappa shape index (κ2) is 11.3. The predicted octanol–water partition coefficient (Wildman–Crippen LogP) is 7.40. The lowest BCUT2D eigenvalue weighted by atomic mass is 9.82. The molecule has 0 bridgehead atoms. The fourth-order valence-electron chi connectivity index (χ4n) is 4.35. The molecule has 3 heteroatoms. The average molecular weight is 411 g/mol. The van der Waals surface area contributed by atoms with E-state index in [1.54, 1.807) is 0 Å². The summed E-state index contributed by atoms with van der Waals surface area (Å²) in [5.74, 6) is -0.177. The quantitative estimate of drug-likeness (QED) is 0.402. The molecule has 0 radical (unpaired) electrons. The Morgan fingerprint density at radius 3 is 2.10 bits per heavy atom. The highest BCUT2D eigenvalue weighted by Crippen LogP contribution is 2.35. The van der Waals surface area contributed by atoms with Crippen LogP contribution in [0.5, 0.6) is 0 Å². The number of carbonyl (C=O) groups excluding carboxylic acids is 1. The summed E-state index contributed by atoms with van der Waals surface area (Å²) < 4.78 is 19.3. The van der Waals surface area contributed by atoms with E-state index in [0.29, 0.717) is 5.92 Å². The van der Waals surface area contributed by atoms with Crippen LogP contribution in [0.25, 0.3) is 11.1 Å². The second-order valence-corrected chi connectivity index (χ2v) is 8.59. The number of benzene rings is 2. The Balaban J connectivity index is 1.50. The number of ether oxygens (including phenoxy) is 1. The van der Waals surface area contributed by atoms with Crippen LogP contribution in [-0.4, -0.2) is 18.2 Å². The van der Waals surface area contributed by atoms with Gasteiger partial charge in [-0.15, -0.1) is 0 Å². The number of halogens is 1. The molecule has 1 aliphatic carbocycles. The molecule has 0 aliphatic heterocycles. The minimum atomic E-state index is -1.47. The smallest absolute Gasteiger partial charge is 0.340 e. The summed E-state index contributed by atoms with van der Waals surface area (Å²) in [4.78, 5) is 11.9. The first-order valence-corrected chi connectivity index (χ1v) is 11.6. The minimum absolute atomic E-state index is 0.130. The number of rotatable bonds is 9. The van der Waals surface area contributed by atoms with Crippen molar-refractivity contribution in [3.8, 4) is 11.1 Å². The molecule has 0 unspecified atom stereocenters. The summed E-state index contributed by atoms with van der Waals surface area (Å²) in [6.45, 7) is 4.20. The summed E-state index contributed by atoms with van der Waals surface area (Å²) in [6.07, 6.45) is 6.19. The van der Waals surface area contributed by atoms with Gasteiger partial charge in [-0.25, -0.2) is 9.18 Å². The molecule has 2 aromatic carbocycles. The molecule has 3 rings (SSSR count). The number of aryl methyl sites for hydroxylation is 1. The Morgan fingerprint density at radius 1 is 0.933 bits per heavy atom. The SMILES string of the molecule is CCCC[C@H](F)C(=O)O[C@H]1CC[C@H](c2ccc(-c3ccc(CCC)cc3)cc2)CC1. The van der Waals surface area contributed by atoms with E-state index >= 15 is 0 Å². The number of unbranched alkanes of at least 4 members (excludes halogenated alkanes) is 1. The molecule has 0 N–H and O–H groups in total. The van der Waals surface area contributed by atoms with E-state index in [1.165, 1.54) is 28.7 Å². The zero-order valence-corrected chi connectivity index (χ0v) is 18.4. The molecule has 162 valence electrons. The maximum atomic E-state index is 13.8. The van der Waals surface area contributed by atoms with Gasteiger partial charge < -0.3 is 4.74 Å². The normalized spacial score (nSPS) is 20.0. The van der Waals surface area contributed by atoms with Crippen LogP contribution >= 0.6 is 0 Å². The molecule has 1 atom stereocenters. The van der Waals surface area contributed by atoms with Gasteiger partial charge in [0.25, 0.3) is 0 Å². The van der Waals surface area contributed by atoms with Crippen molar-refractivity contribution in [3.05, 3.63) is 59.7 Å². The molecule has 0 aromatic heterocycles. The molecule has 0 saturated heterocycles. The summed E-state index contributed by atoms with van der Waals surface area (Å²) >= 11 is 0. The third-order valence-electron chi connectivity index (χ3n) is 6.23. The van der Waals surface area contributed by atoms with Crippen molar-refractivity contribution in [2.45, 2.75) is 89.8 Å². The van der Waals surface area contributed by atoms with Crippen molar-refractivity contribution in [2.24, 2.45) is 0 Å². The van der Waals surface area contributed by atoms with Crippen molar-refractivity contribution in [3.63, 3.8) is 0 Å². The van der Waals surface area contributed by atoms with Crippen LogP contribution in [0.1, 0.15) is 82.3 Å². The monoisotopic (exact) mass is 410 g/mol. The van der Waals surface area contributed by atoms with Crippen LogP contribution in [0.4, 0.5) is 4.39 Å². The number of esters is 1. The standard InChI is InChI=1S/C27H35FO2/c1-3-5-7-26(28)27(29)30-25-18-16-24(17-19-25)23-14-12-22(13-15-23)21-10-8-20(6-4-2)9-11-21/h8-15,24-26H,3-7,16-19H2,1-2H3/t24-,25-,26-/m0/s1. The van der Waals surface area contributed by atoms with Gasteiger partial charge in [0.2, 0.25) is 0 Å². The first-order chi connectivity index (χ1) is 14.6. The molecule has 1 aliphatic rings. The fraction of sp³-hybridized carbons (Fsp3) is 0.519. The highest BCUT2D eigenvalue weighted by molar-refractivity contribution is 5.74. The van der Waals surface area contributed by atoms with Gasteiger partial charge in [0.1, 0.15) is 6.10 Å². The van der Waals surface area contributed by atoms with Gasteiger partial charge in [-0.05, 0) is 66.7 Å². The van der Waals surface area contributed by atoms with Crippen LogP contribution in [0, 0.1) is 0 Å². The predicted molar refractivity (Wildman–Crippen MR) is 121 cm³/mol. The third kappa shape index (κ3) is 6.17. The van der Waals surface area contributed by atoms with Gasteiger partial charge in [-0.2, -0.15) is 0 Å². The highest BCUT2D eigenvalue weighted by Gasteiger charge is 2.27. The molecule has 2 aromatic rings. The van der Waals surface area contributed by atoms with Crippen molar-refractivity contribution in [1.82, 2.24) is 0 Å². The lowest BCUT2D eigenvalue weighted by Gasteiger charge is -2.29. The molecule has 1 saturated carbocycles. The Morgan fingerprint density at radius 2 is 1.53 bits per heavy atom. The Hall–Kier alpha value is -2.16. The summed E-state index contributed by atoms with van der Waals surface area (Å²) in [5, 5.41) is 0. The van der Waals surface area contributed by atoms with Crippen molar-refractivity contribution in [1.29, 1.82) is 0 Å². The molecule has 0 heterocycles. The topological polar surface area (TPSA) is 26.3 Å². The van der Waals surface area contributed by atoms with Crippen LogP contribution in [0.15, 0.2) is 48.5 Å².